The van der Waals surface area contributed by atoms with Crippen LogP contribution >= 0.6 is 11.3 Å². The first-order valence-corrected chi connectivity index (χ1v) is 20.0. The summed E-state index contributed by atoms with van der Waals surface area (Å²) in [6.45, 7) is 7.79. The maximum Gasteiger partial charge on any atom is 0.259 e. The van der Waals surface area contributed by atoms with E-state index in [1.165, 1.54) is 21.8 Å². The number of benzene rings is 1. The molecule has 0 radical (unpaired) electrons. The van der Waals surface area contributed by atoms with Gasteiger partial charge in [0.05, 0.1) is 17.5 Å². The molecule has 4 aliphatic rings. The molecule has 0 spiro atoms. The number of nitrogens with one attached hydrogen (secondary N) is 3. The van der Waals surface area contributed by atoms with Crippen LogP contribution in [0.1, 0.15) is 70.1 Å². The molecule has 12 nitrogen and oxygen atoms in total. The van der Waals surface area contributed by atoms with Crippen molar-refractivity contribution in [2.45, 2.75) is 101 Å². The number of nitrogens with zero attached hydrogens (tertiary/aromatic N) is 3. The van der Waals surface area contributed by atoms with Crippen LogP contribution in [0.5, 0.6) is 5.88 Å². The molecule has 3 amide bonds. The van der Waals surface area contributed by atoms with Gasteiger partial charge in [-0.05, 0) is 73.9 Å². The van der Waals surface area contributed by atoms with E-state index in [0.717, 1.165) is 48.6 Å². The smallest absolute Gasteiger partial charge is 0.259 e. The summed E-state index contributed by atoms with van der Waals surface area (Å²) < 4.78 is 34.1. The zero-order valence-electron chi connectivity index (χ0n) is 28.4. The number of fused-ring (bicyclic) bond motifs is 5. The van der Waals surface area contributed by atoms with Crippen molar-refractivity contribution in [3.05, 3.63) is 59.8 Å². The summed E-state index contributed by atoms with van der Waals surface area (Å²) in [5.74, 6) is -1.80. The minimum atomic E-state index is -3.85. The van der Waals surface area contributed by atoms with Crippen molar-refractivity contribution >= 4 is 55.0 Å². The Kier molecular flexibility index (Phi) is 9.35. The molecule has 3 fully saturated rings. The molecule has 2 aliphatic carbocycles. The molecule has 7 rings (SSSR count). The molecule has 2 aliphatic heterocycles. The first-order chi connectivity index (χ1) is 24.0. The molecule has 3 N–H and O–H groups in total. The van der Waals surface area contributed by atoms with Crippen LogP contribution in [-0.4, -0.2) is 76.5 Å². The van der Waals surface area contributed by atoms with E-state index in [1.54, 1.807) is 12.3 Å². The molecule has 2 saturated carbocycles. The summed E-state index contributed by atoms with van der Waals surface area (Å²) in [5, 5.41) is 10.1. The number of hydrogen-bond acceptors (Lipinski definition) is 10. The van der Waals surface area contributed by atoms with Crippen LogP contribution in [0.25, 0.3) is 10.8 Å². The van der Waals surface area contributed by atoms with Gasteiger partial charge in [0.25, 0.3) is 5.91 Å². The highest BCUT2D eigenvalue weighted by Crippen LogP contribution is 2.45. The second-order valence-corrected chi connectivity index (χ2v) is 17.2. The number of carbonyl (C=O) groups excluding carboxylic acids is 3. The lowest BCUT2D eigenvalue weighted by Gasteiger charge is -2.31. The third-order valence-corrected chi connectivity index (χ3v) is 13.0. The largest absolute Gasteiger partial charge is 0.472 e. The molecular formula is C36H44N6O6S2. The molecule has 2 aromatic heterocycles. The van der Waals surface area contributed by atoms with Gasteiger partial charge in [0.1, 0.15) is 23.7 Å². The lowest BCUT2D eigenvalue weighted by atomic mass is 10.0. The summed E-state index contributed by atoms with van der Waals surface area (Å²) >= 11 is 1.46. The minimum Gasteiger partial charge on any atom is -0.472 e. The maximum atomic E-state index is 14.5. The van der Waals surface area contributed by atoms with E-state index in [4.69, 9.17) is 9.72 Å². The van der Waals surface area contributed by atoms with Crippen molar-refractivity contribution in [2.24, 2.45) is 11.8 Å². The summed E-state index contributed by atoms with van der Waals surface area (Å²) in [7, 11) is -3.85. The van der Waals surface area contributed by atoms with E-state index in [1.807, 2.05) is 25.3 Å². The highest BCUT2D eigenvalue weighted by atomic mass is 32.2. The van der Waals surface area contributed by atoms with Gasteiger partial charge in [-0.25, -0.2) is 18.4 Å². The third kappa shape index (κ3) is 6.96. The van der Waals surface area contributed by atoms with E-state index in [9.17, 15) is 22.8 Å². The van der Waals surface area contributed by atoms with E-state index < -0.39 is 56.7 Å². The zero-order valence-corrected chi connectivity index (χ0v) is 30.0. The van der Waals surface area contributed by atoms with Crippen molar-refractivity contribution in [3.63, 3.8) is 0 Å². The van der Waals surface area contributed by atoms with E-state index in [-0.39, 0.29) is 31.2 Å². The number of anilines is 1. The number of aromatic nitrogens is 2. The normalized spacial score (nSPS) is 27.1. The quantitative estimate of drug-likeness (QED) is 0.306. The van der Waals surface area contributed by atoms with Gasteiger partial charge in [-0.15, -0.1) is 17.9 Å². The molecular weight excluding hydrogens is 677 g/mol. The number of hydrogen-bond donors (Lipinski definition) is 3. The Bertz CT molecular complexity index is 1930. The van der Waals surface area contributed by atoms with Crippen molar-refractivity contribution in [2.75, 3.05) is 11.9 Å². The monoisotopic (exact) mass is 720 g/mol. The molecule has 14 heteroatoms. The molecule has 1 aromatic carbocycles. The van der Waals surface area contributed by atoms with E-state index >= 15 is 0 Å². The molecule has 50 heavy (non-hydrogen) atoms. The van der Waals surface area contributed by atoms with E-state index in [0.29, 0.717) is 23.9 Å². The number of thiazole rings is 1. The van der Waals surface area contributed by atoms with Gasteiger partial charge in [0, 0.05) is 29.3 Å². The van der Waals surface area contributed by atoms with Gasteiger partial charge in [-0.1, -0.05) is 38.5 Å². The van der Waals surface area contributed by atoms with Crippen LogP contribution < -0.4 is 20.1 Å². The minimum absolute atomic E-state index is 0.114. The molecule has 6 bridgehead atoms. The van der Waals surface area contributed by atoms with E-state index in [2.05, 4.69) is 45.1 Å². The molecule has 5 atom stereocenters. The van der Waals surface area contributed by atoms with Crippen LogP contribution in [0.2, 0.25) is 0 Å². The van der Waals surface area contributed by atoms with Crippen molar-refractivity contribution in [1.82, 2.24) is 24.9 Å². The second kappa shape index (κ2) is 13.6. The highest BCUT2D eigenvalue weighted by Gasteiger charge is 2.62. The average Bonchev–Trinajstić information content (AvgIpc) is 3.98. The molecule has 266 valence electrons. The summed E-state index contributed by atoms with van der Waals surface area (Å²) in [6, 6.07) is 6.56. The van der Waals surface area contributed by atoms with Crippen molar-refractivity contribution in [3.8, 4) is 5.88 Å². The summed E-state index contributed by atoms with van der Waals surface area (Å²) in [6.07, 6.45) is 8.88. The number of rotatable bonds is 7. The van der Waals surface area contributed by atoms with Crippen LogP contribution in [-0.2, 0) is 37.2 Å². The Labute approximate surface area is 296 Å². The Balaban J connectivity index is 1.21. The van der Waals surface area contributed by atoms with Gasteiger partial charge in [0.15, 0.2) is 5.13 Å². The lowest BCUT2D eigenvalue weighted by molar-refractivity contribution is -0.140. The first-order valence-electron chi connectivity index (χ1n) is 17.5. The number of pyridine rings is 1. The van der Waals surface area contributed by atoms with Crippen molar-refractivity contribution < 1.29 is 27.5 Å². The van der Waals surface area contributed by atoms with Gasteiger partial charge in [-0.3, -0.25) is 19.1 Å². The molecule has 1 unspecified atom stereocenters. The molecule has 1 saturated heterocycles. The topological polar surface area (TPSA) is 160 Å². The second-order valence-electron chi connectivity index (χ2n) is 14.4. The summed E-state index contributed by atoms with van der Waals surface area (Å²) in [4.78, 5) is 53.0. The Morgan fingerprint density at radius 3 is 2.72 bits per heavy atom. The number of aryl methyl sites for hydroxylation is 2. The lowest BCUT2D eigenvalue weighted by Crippen LogP contribution is -2.58. The van der Waals surface area contributed by atoms with Gasteiger partial charge in [-0.2, -0.15) is 0 Å². The Morgan fingerprint density at radius 2 is 1.98 bits per heavy atom. The fourth-order valence-electron chi connectivity index (χ4n) is 7.12. The average molecular weight is 721 g/mol. The summed E-state index contributed by atoms with van der Waals surface area (Å²) in [5.41, 5.74) is 0.689. The van der Waals surface area contributed by atoms with Crippen molar-refractivity contribution in [1.29, 1.82) is 0 Å². The predicted molar refractivity (Wildman–Crippen MR) is 191 cm³/mol. The predicted octanol–water partition coefficient (Wildman–Crippen LogP) is 4.11. The number of sulfonamides is 1. The van der Waals surface area contributed by atoms with Crippen LogP contribution in [0.3, 0.4) is 0 Å². The first kappa shape index (κ1) is 34.4. The standard InChI is InChI=1S/C36H44N6O6S2/c1-4-24-18-36(24,34(45)41-50(46,47)27-12-13-27)40-31(43)29-17-26-19-42(29)33(44)30(21(2)3)39-35-38-25(20-49-35)9-7-5-6-8-22-10-11-23-14-15-37-32(48-26)28(23)16-22/h4,10-11,14-16,20-21,24,26-27,29-30H,1,5-9,12-13,17-19H2,2-3H3,(H,38,39)(H,40,43)(H,41,45)/t24-,26+,29-,30-,36?/m0/s1. The van der Waals surface area contributed by atoms with Crippen LogP contribution in [0.15, 0.2) is 48.5 Å². The number of amides is 3. The van der Waals surface area contributed by atoms with Gasteiger partial charge < -0.3 is 20.3 Å². The maximum absolute atomic E-state index is 14.5. The fourth-order valence-corrected chi connectivity index (χ4v) is 9.26. The van der Waals surface area contributed by atoms with Gasteiger partial charge in [0.2, 0.25) is 27.7 Å². The molecule has 3 aromatic rings. The Morgan fingerprint density at radius 1 is 1.18 bits per heavy atom. The Hall–Kier alpha value is -4.04. The number of ether oxygens (including phenoxy) is 1. The van der Waals surface area contributed by atoms with Crippen LogP contribution in [0, 0.1) is 11.8 Å². The third-order valence-electron chi connectivity index (χ3n) is 10.3. The molecule has 4 heterocycles. The number of carbonyl (C=O) groups is 3. The van der Waals surface area contributed by atoms with Gasteiger partial charge >= 0.3 is 0 Å². The van der Waals surface area contributed by atoms with Crippen LogP contribution in [0.4, 0.5) is 5.13 Å². The fraction of sp³-hybridized carbons (Fsp3) is 0.528. The highest BCUT2D eigenvalue weighted by molar-refractivity contribution is 7.91. The zero-order chi connectivity index (χ0) is 35.2. The SMILES string of the molecule is C=C[C@H]1CC1(NC(=O)[C@@H]1C[C@@H]2CN1C(=O)[C@H](C(C)C)Nc1nc(cs1)CCCCCc1ccc3ccnc(c3c1)O2)C(=O)NS(=O)(=O)C1CC1.